The summed E-state index contributed by atoms with van der Waals surface area (Å²) in [4.78, 5) is 7.35. The molecular weight excluding hydrogens is 404 g/mol. The maximum atomic E-state index is 13.9. The summed E-state index contributed by atoms with van der Waals surface area (Å²) in [6, 6.07) is 14.7. The van der Waals surface area contributed by atoms with Crippen LogP contribution in [-0.4, -0.2) is 22.1 Å². The summed E-state index contributed by atoms with van der Waals surface area (Å²) in [7, 11) is 0. The van der Waals surface area contributed by atoms with E-state index in [0.717, 1.165) is 27.5 Å². The van der Waals surface area contributed by atoms with Crippen molar-refractivity contribution in [2.24, 2.45) is 0 Å². The first-order valence-electron chi connectivity index (χ1n) is 8.81. The van der Waals surface area contributed by atoms with Crippen LogP contribution in [0.1, 0.15) is 11.3 Å². The summed E-state index contributed by atoms with van der Waals surface area (Å²) >= 11 is 1.67. The maximum absolute atomic E-state index is 13.9. The highest BCUT2D eigenvalue weighted by Crippen LogP contribution is 2.35. The number of thioether (sulfide) groups is 1. The molecule has 29 heavy (non-hydrogen) atoms. The van der Waals surface area contributed by atoms with Crippen LogP contribution in [0.4, 0.5) is 17.6 Å². The van der Waals surface area contributed by atoms with Crippen molar-refractivity contribution in [2.75, 3.05) is 5.88 Å². The van der Waals surface area contributed by atoms with Crippen LogP contribution in [0.3, 0.4) is 0 Å². The number of fused-ring (bicyclic) bond motifs is 1. The number of pyridine rings is 1. The summed E-state index contributed by atoms with van der Waals surface area (Å²) in [5, 5.41) is 0. The Balaban J connectivity index is 1.51. The number of hydrogen-bond acceptors (Lipinski definition) is 4. The Morgan fingerprint density at radius 2 is 1.79 bits per heavy atom. The fraction of sp³-hybridized carbons (Fsp3) is 0.190. The molecule has 0 radical (unpaired) electrons. The fourth-order valence-electron chi connectivity index (χ4n) is 3.17. The Labute approximate surface area is 169 Å². The van der Waals surface area contributed by atoms with E-state index in [1.807, 2.05) is 18.2 Å². The van der Waals surface area contributed by atoms with Crippen LogP contribution in [0.2, 0.25) is 0 Å². The standard InChI is InChI=1S/C21H16F4N2OS/c22-18-2-1-9-26-19(18)12-27-11-16-10-15(5-8-20(16)29-13-27)14-3-6-17(7-4-14)28-21(23,24)25/h1-10H,11-13H2. The molecule has 0 fully saturated rings. The van der Waals surface area contributed by atoms with Gasteiger partial charge in [-0.1, -0.05) is 18.2 Å². The first-order chi connectivity index (χ1) is 13.9. The molecule has 8 heteroatoms. The molecule has 1 aliphatic heterocycles. The quantitative estimate of drug-likeness (QED) is 0.495. The van der Waals surface area contributed by atoms with E-state index in [4.69, 9.17) is 0 Å². The number of alkyl halides is 3. The third kappa shape index (κ3) is 4.89. The molecular formula is C21H16F4N2OS. The first kappa shape index (κ1) is 19.7. The van der Waals surface area contributed by atoms with E-state index in [9.17, 15) is 17.6 Å². The topological polar surface area (TPSA) is 25.4 Å². The van der Waals surface area contributed by atoms with Gasteiger partial charge in [-0.3, -0.25) is 9.88 Å². The summed E-state index contributed by atoms with van der Waals surface area (Å²) in [6.07, 6.45) is -3.13. The minimum absolute atomic E-state index is 0.252. The van der Waals surface area contributed by atoms with E-state index in [1.165, 1.54) is 18.2 Å². The number of hydrogen-bond donors (Lipinski definition) is 0. The van der Waals surface area contributed by atoms with Crippen LogP contribution in [0.5, 0.6) is 5.75 Å². The number of aromatic nitrogens is 1. The second-order valence-corrected chi connectivity index (χ2v) is 7.57. The van der Waals surface area contributed by atoms with E-state index in [2.05, 4.69) is 14.6 Å². The number of rotatable bonds is 4. The summed E-state index contributed by atoms with van der Waals surface area (Å²) in [6.45, 7) is 1.05. The van der Waals surface area contributed by atoms with E-state index in [0.29, 0.717) is 18.8 Å². The van der Waals surface area contributed by atoms with E-state index in [-0.39, 0.29) is 11.6 Å². The monoisotopic (exact) mass is 420 g/mol. The molecule has 1 aromatic heterocycles. The molecule has 0 unspecified atom stereocenters. The molecule has 0 amide bonds. The summed E-state index contributed by atoms with van der Waals surface area (Å²) < 4.78 is 54.7. The van der Waals surface area contributed by atoms with Gasteiger partial charge in [0, 0.05) is 30.1 Å². The first-order valence-corrected chi connectivity index (χ1v) is 9.79. The molecule has 0 saturated heterocycles. The van der Waals surface area contributed by atoms with Crippen LogP contribution in [-0.2, 0) is 13.1 Å². The SMILES string of the molecule is Fc1cccnc1CN1CSc2ccc(-c3ccc(OC(F)(F)F)cc3)cc2C1. The molecule has 150 valence electrons. The minimum Gasteiger partial charge on any atom is -0.406 e. The number of nitrogens with zero attached hydrogens (tertiary/aromatic N) is 2. The Kier molecular flexibility index (Phi) is 5.47. The third-order valence-corrected chi connectivity index (χ3v) is 5.69. The number of benzene rings is 2. The van der Waals surface area contributed by atoms with Crippen molar-refractivity contribution in [1.82, 2.24) is 9.88 Å². The number of halogens is 4. The maximum Gasteiger partial charge on any atom is 0.573 e. The average Bonchev–Trinajstić information content (AvgIpc) is 2.69. The summed E-state index contributed by atoms with van der Waals surface area (Å²) in [5.41, 5.74) is 3.19. The molecule has 0 aliphatic carbocycles. The predicted octanol–water partition coefficient (Wildman–Crippen LogP) is 5.85. The summed E-state index contributed by atoms with van der Waals surface area (Å²) in [5.74, 6) is 0.155. The lowest BCUT2D eigenvalue weighted by molar-refractivity contribution is -0.274. The van der Waals surface area contributed by atoms with E-state index >= 15 is 0 Å². The number of ether oxygens (including phenoxy) is 1. The molecule has 2 aromatic carbocycles. The van der Waals surface area contributed by atoms with Crippen LogP contribution >= 0.6 is 11.8 Å². The van der Waals surface area contributed by atoms with Crippen molar-refractivity contribution in [1.29, 1.82) is 0 Å². The highest BCUT2D eigenvalue weighted by atomic mass is 32.2. The van der Waals surface area contributed by atoms with Crippen molar-refractivity contribution in [3.63, 3.8) is 0 Å². The van der Waals surface area contributed by atoms with Gasteiger partial charge in [-0.05, 0) is 53.1 Å². The smallest absolute Gasteiger partial charge is 0.406 e. The van der Waals surface area contributed by atoms with Gasteiger partial charge in [0.2, 0.25) is 0 Å². The van der Waals surface area contributed by atoms with Gasteiger partial charge >= 0.3 is 6.36 Å². The normalized spacial score (nSPS) is 14.5. The molecule has 2 heterocycles. The van der Waals surface area contributed by atoms with Gasteiger partial charge in [-0.15, -0.1) is 24.9 Å². The van der Waals surface area contributed by atoms with Crippen molar-refractivity contribution in [3.8, 4) is 16.9 Å². The second kappa shape index (κ2) is 8.04. The van der Waals surface area contributed by atoms with Gasteiger partial charge in [-0.2, -0.15) is 0 Å². The predicted molar refractivity (Wildman–Crippen MR) is 103 cm³/mol. The Hall–Kier alpha value is -2.58. The van der Waals surface area contributed by atoms with Gasteiger partial charge < -0.3 is 4.74 Å². The lowest BCUT2D eigenvalue weighted by Gasteiger charge is -2.28. The van der Waals surface area contributed by atoms with Gasteiger partial charge in [0.25, 0.3) is 0 Å². The van der Waals surface area contributed by atoms with Gasteiger partial charge in [0.05, 0.1) is 5.69 Å². The van der Waals surface area contributed by atoms with Crippen LogP contribution in [0.25, 0.3) is 11.1 Å². The molecule has 3 nitrogen and oxygen atoms in total. The largest absolute Gasteiger partial charge is 0.573 e. The van der Waals surface area contributed by atoms with Gasteiger partial charge in [-0.25, -0.2) is 4.39 Å². The van der Waals surface area contributed by atoms with Gasteiger partial charge in [0.15, 0.2) is 0 Å². The Bertz CT molecular complexity index is 1010. The van der Waals surface area contributed by atoms with Crippen molar-refractivity contribution in [2.45, 2.75) is 24.3 Å². The second-order valence-electron chi connectivity index (χ2n) is 6.59. The molecule has 1 aliphatic rings. The lowest BCUT2D eigenvalue weighted by atomic mass is 10.0. The van der Waals surface area contributed by atoms with E-state index in [1.54, 1.807) is 36.2 Å². The lowest BCUT2D eigenvalue weighted by Crippen LogP contribution is -2.26. The van der Waals surface area contributed by atoms with Crippen molar-refractivity contribution in [3.05, 3.63) is 77.9 Å². The Morgan fingerprint density at radius 1 is 1.03 bits per heavy atom. The van der Waals surface area contributed by atoms with Crippen molar-refractivity contribution >= 4 is 11.8 Å². The average molecular weight is 420 g/mol. The highest BCUT2D eigenvalue weighted by molar-refractivity contribution is 7.99. The molecule has 3 aromatic rings. The van der Waals surface area contributed by atoms with Crippen molar-refractivity contribution < 1.29 is 22.3 Å². The highest BCUT2D eigenvalue weighted by Gasteiger charge is 2.31. The molecule has 0 spiro atoms. The molecule has 0 bridgehead atoms. The van der Waals surface area contributed by atoms with Crippen LogP contribution in [0.15, 0.2) is 65.7 Å². The molecule has 0 saturated carbocycles. The van der Waals surface area contributed by atoms with Crippen LogP contribution in [0, 0.1) is 5.82 Å². The van der Waals surface area contributed by atoms with E-state index < -0.39 is 6.36 Å². The fourth-order valence-corrected chi connectivity index (χ4v) is 4.15. The minimum atomic E-state index is -4.71. The molecule has 4 rings (SSSR count). The Morgan fingerprint density at radius 3 is 2.52 bits per heavy atom. The zero-order chi connectivity index (χ0) is 20.4. The molecule has 0 atom stereocenters. The third-order valence-electron chi connectivity index (χ3n) is 4.49. The molecule has 0 N–H and O–H groups in total. The zero-order valence-electron chi connectivity index (χ0n) is 15.1. The zero-order valence-corrected chi connectivity index (χ0v) is 15.9. The van der Waals surface area contributed by atoms with Gasteiger partial charge in [0.1, 0.15) is 11.6 Å². The van der Waals surface area contributed by atoms with Crippen LogP contribution < -0.4 is 4.74 Å².